The van der Waals surface area contributed by atoms with E-state index in [2.05, 4.69) is 0 Å². The molecule has 1 aromatic rings. The minimum atomic E-state index is -0.299. The SMILES string of the molecule is CCC(N)Cc1cc(F)cc(OCCOCCCOC)c1. The third kappa shape index (κ3) is 7.99. The van der Waals surface area contributed by atoms with Crippen LogP contribution in [-0.4, -0.2) is 39.6 Å². The fourth-order valence-electron chi connectivity index (χ4n) is 1.89. The first-order chi connectivity index (χ1) is 10.2. The highest BCUT2D eigenvalue weighted by molar-refractivity contribution is 5.30. The van der Waals surface area contributed by atoms with Crippen molar-refractivity contribution in [3.05, 3.63) is 29.6 Å². The maximum absolute atomic E-state index is 13.5. The van der Waals surface area contributed by atoms with Crippen LogP contribution < -0.4 is 10.5 Å². The molecular weight excluding hydrogens is 273 g/mol. The van der Waals surface area contributed by atoms with Crippen molar-refractivity contribution in [3.63, 3.8) is 0 Å². The molecule has 0 aliphatic carbocycles. The summed E-state index contributed by atoms with van der Waals surface area (Å²) in [5.41, 5.74) is 6.75. The van der Waals surface area contributed by atoms with Crippen molar-refractivity contribution in [3.8, 4) is 5.75 Å². The fourth-order valence-corrected chi connectivity index (χ4v) is 1.89. The molecule has 0 saturated carbocycles. The van der Waals surface area contributed by atoms with Gasteiger partial charge in [-0.05, 0) is 37.0 Å². The molecule has 0 bridgehead atoms. The van der Waals surface area contributed by atoms with Gasteiger partial charge in [-0.15, -0.1) is 0 Å². The summed E-state index contributed by atoms with van der Waals surface area (Å²) in [6.07, 6.45) is 2.37. The number of benzene rings is 1. The zero-order valence-corrected chi connectivity index (χ0v) is 12.9. The summed E-state index contributed by atoms with van der Waals surface area (Å²) in [6, 6.07) is 4.77. The predicted octanol–water partition coefficient (Wildman–Crippen LogP) is 2.54. The minimum Gasteiger partial charge on any atom is -0.491 e. The van der Waals surface area contributed by atoms with Crippen LogP contribution in [0, 0.1) is 5.82 Å². The molecule has 0 radical (unpaired) electrons. The van der Waals surface area contributed by atoms with Crippen LogP contribution in [-0.2, 0) is 15.9 Å². The minimum absolute atomic E-state index is 0.0452. The quantitative estimate of drug-likeness (QED) is 0.638. The van der Waals surface area contributed by atoms with E-state index in [1.165, 1.54) is 12.1 Å². The molecule has 21 heavy (non-hydrogen) atoms. The van der Waals surface area contributed by atoms with Gasteiger partial charge in [0.25, 0.3) is 0 Å². The summed E-state index contributed by atoms with van der Waals surface area (Å²) < 4.78 is 29.3. The van der Waals surface area contributed by atoms with Crippen molar-refractivity contribution in [2.45, 2.75) is 32.2 Å². The second kappa shape index (κ2) is 10.5. The Morgan fingerprint density at radius 1 is 1.14 bits per heavy atom. The first kappa shape index (κ1) is 17.9. The summed E-state index contributed by atoms with van der Waals surface area (Å²) in [5, 5.41) is 0. The van der Waals surface area contributed by atoms with Crippen molar-refractivity contribution in [1.82, 2.24) is 0 Å². The summed E-state index contributed by atoms with van der Waals surface area (Å²) in [7, 11) is 1.66. The van der Waals surface area contributed by atoms with Gasteiger partial charge >= 0.3 is 0 Å². The molecule has 0 amide bonds. The second-order valence-corrected chi connectivity index (χ2v) is 4.97. The van der Waals surface area contributed by atoms with Gasteiger partial charge in [0.2, 0.25) is 0 Å². The molecule has 0 heterocycles. The maximum atomic E-state index is 13.5. The average Bonchev–Trinajstić information content (AvgIpc) is 2.45. The van der Waals surface area contributed by atoms with Gasteiger partial charge in [-0.25, -0.2) is 4.39 Å². The van der Waals surface area contributed by atoms with Crippen LogP contribution in [0.15, 0.2) is 18.2 Å². The Kier molecular flexibility index (Phi) is 8.98. The lowest BCUT2D eigenvalue weighted by atomic mass is 10.0. The Balaban J connectivity index is 2.34. The highest BCUT2D eigenvalue weighted by atomic mass is 19.1. The molecular formula is C16H26FNO3. The molecule has 2 N–H and O–H groups in total. The fraction of sp³-hybridized carbons (Fsp3) is 0.625. The monoisotopic (exact) mass is 299 g/mol. The third-order valence-corrected chi connectivity index (χ3v) is 3.09. The summed E-state index contributed by atoms with van der Waals surface area (Å²) >= 11 is 0. The number of hydrogen-bond acceptors (Lipinski definition) is 4. The molecule has 1 unspecified atom stereocenters. The lowest BCUT2D eigenvalue weighted by Crippen LogP contribution is -2.21. The Labute approximate surface area is 126 Å². The first-order valence-corrected chi connectivity index (χ1v) is 7.40. The maximum Gasteiger partial charge on any atom is 0.127 e. The number of halogens is 1. The van der Waals surface area contributed by atoms with E-state index < -0.39 is 0 Å². The number of ether oxygens (including phenoxy) is 3. The predicted molar refractivity (Wildman–Crippen MR) is 81.2 cm³/mol. The van der Waals surface area contributed by atoms with Gasteiger partial charge in [0.15, 0.2) is 0 Å². The normalized spacial score (nSPS) is 12.4. The molecule has 0 aliphatic rings. The second-order valence-electron chi connectivity index (χ2n) is 4.97. The van der Waals surface area contributed by atoms with E-state index in [9.17, 15) is 4.39 Å². The molecule has 4 nitrogen and oxygen atoms in total. The van der Waals surface area contributed by atoms with Gasteiger partial charge < -0.3 is 19.9 Å². The Morgan fingerprint density at radius 2 is 1.95 bits per heavy atom. The van der Waals surface area contributed by atoms with Crippen molar-refractivity contribution >= 4 is 0 Å². The van der Waals surface area contributed by atoms with Crippen LogP contribution >= 0.6 is 0 Å². The van der Waals surface area contributed by atoms with Crippen molar-refractivity contribution in [2.75, 3.05) is 33.5 Å². The van der Waals surface area contributed by atoms with Crippen LogP contribution in [0.2, 0.25) is 0 Å². The number of methoxy groups -OCH3 is 1. The molecule has 1 aromatic carbocycles. The molecule has 5 heteroatoms. The van der Waals surface area contributed by atoms with Gasteiger partial charge in [-0.3, -0.25) is 0 Å². The molecule has 120 valence electrons. The smallest absolute Gasteiger partial charge is 0.127 e. The molecule has 1 rings (SSSR count). The molecule has 0 saturated heterocycles. The molecule has 0 spiro atoms. The van der Waals surface area contributed by atoms with Gasteiger partial charge in [0.05, 0.1) is 6.61 Å². The van der Waals surface area contributed by atoms with Gasteiger partial charge in [0.1, 0.15) is 18.2 Å². The molecule has 1 atom stereocenters. The zero-order chi connectivity index (χ0) is 15.5. The molecule has 0 aliphatic heterocycles. The standard InChI is InChI=1S/C16H26FNO3/c1-3-15(18)10-13-9-14(17)12-16(11-13)21-8-7-20-6-4-5-19-2/h9,11-12,15H,3-8,10,18H2,1-2H3. The highest BCUT2D eigenvalue weighted by Gasteiger charge is 2.06. The van der Waals surface area contributed by atoms with E-state index in [-0.39, 0.29) is 11.9 Å². The first-order valence-electron chi connectivity index (χ1n) is 7.40. The topological polar surface area (TPSA) is 53.7 Å². The third-order valence-electron chi connectivity index (χ3n) is 3.09. The zero-order valence-electron chi connectivity index (χ0n) is 12.9. The number of nitrogens with two attached hydrogens (primary N) is 1. The lowest BCUT2D eigenvalue weighted by molar-refractivity contribution is 0.0805. The van der Waals surface area contributed by atoms with E-state index in [1.807, 2.05) is 13.0 Å². The van der Waals surface area contributed by atoms with Crippen LogP contribution in [0.25, 0.3) is 0 Å². The van der Waals surface area contributed by atoms with Gasteiger partial charge in [-0.2, -0.15) is 0 Å². The van der Waals surface area contributed by atoms with Crippen LogP contribution in [0.3, 0.4) is 0 Å². The molecule has 0 fully saturated rings. The van der Waals surface area contributed by atoms with Crippen molar-refractivity contribution in [2.24, 2.45) is 5.73 Å². The van der Waals surface area contributed by atoms with Crippen molar-refractivity contribution in [1.29, 1.82) is 0 Å². The van der Waals surface area contributed by atoms with Crippen LogP contribution in [0.5, 0.6) is 5.75 Å². The van der Waals surface area contributed by atoms with Crippen LogP contribution in [0.1, 0.15) is 25.3 Å². The Bertz CT molecular complexity index is 401. The van der Waals surface area contributed by atoms with E-state index >= 15 is 0 Å². The van der Waals surface area contributed by atoms with E-state index in [0.717, 1.165) is 18.4 Å². The Hall–Kier alpha value is -1.17. The average molecular weight is 299 g/mol. The summed E-state index contributed by atoms with van der Waals surface area (Å²) in [4.78, 5) is 0. The largest absolute Gasteiger partial charge is 0.491 e. The summed E-state index contributed by atoms with van der Waals surface area (Å²) in [6.45, 7) is 4.21. The Morgan fingerprint density at radius 3 is 2.67 bits per heavy atom. The van der Waals surface area contributed by atoms with E-state index in [4.69, 9.17) is 19.9 Å². The van der Waals surface area contributed by atoms with Gasteiger partial charge in [0, 0.05) is 32.4 Å². The molecule has 0 aromatic heterocycles. The van der Waals surface area contributed by atoms with Crippen LogP contribution in [0.4, 0.5) is 4.39 Å². The van der Waals surface area contributed by atoms with Crippen molar-refractivity contribution < 1.29 is 18.6 Å². The summed E-state index contributed by atoms with van der Waals surface area (Å²) in [5.74, 6) is 0.223. The number of rotatable bonds is 11. The van der Waals surface area contributed by atoms with Gasteiger partial charge in [-0.1, -0.05) is 6.92 Å². The highest BCUT2D eigenvalue weighted by Crippen LogP contribution is 2.18. The van der Waals surface area contributed by atoms with E-state index in [0.29, 0.717) is 38.6 Å². The number of hydrogen-bond donors (Lipinski definition) is 1. The van der Waals surface area contributed by atoms with E-state index in [1.54, 1.807) is 7.11 Å². The lowest BCUT2D eigenvalue weighted by Gasteiger charge is -2.12.